The Morgan fingerprint density at radius 1 is 1.50 bits per heavy atom. The Kier molecular flexibility index (Phi) is 4.31. The molecule has 0 aliphatic carbocycles. The lowest BCUT2D eigenvalue weighted by Gasteiger charge is -2.28. The topological polar surface area (TPSA) is 45.2 Å². The lowest BCUT2D eigenvalue weighted by atomic mass is 10.0. The molecule has 4 nitrogen and oxygen atoms in total. The molecule has 0 radical (unpaired) electrons. The first-order valence-electron chi connectivity index (χ1n) is 6.57. The zero-order valence-electron chi connectivity index (χ0n) is 11.1. The first-order valence-corrected chi connectivity index (χ1v) is 6.57. The molecule has 0 bridgehead atoms. The predicted molar refractivity (Wildman–Crippen MR) is 71.6 cm³/mol. The molecule has 1 atom stereocenters. The molecule has 1 aliphatic heterocycles. The molecule has 1 fully saturated rings. The van der Waals surface area contributed by atoms with Gasteiger partial charge in [-0.3, -0.25) is 9.78 Å². The standard InChI is InChI=1S/C14H21N3O/c1-11-7-12(9-15-8-11)14(18)17(2)10-13-5-3-4-6-16-13/h7-9,13,16H,3-6,10H2,1-2H3. The van der Waals surface area contributed by atoms with Gasteiger partial charge in [-0.15, -0.1) is 0 Å². The second kappa shape index (κ2) is 5.96. The van der Waals surface area contributed by atoms with Crippen LogP contribution in [0.1, 0.15) is 35.2 Å². The number of nitrogens with one attached hydrogen (secondary N) is 1. The summed E-state index contributed by atoms with van der Waals surface area (Å²) in [5.74, 6) is 0.0542. The summed E-state index contributed by atoms with van der Waals surface area (Å²) in [7, 11) is 1.86. The van der Waals surface area contributed by atoms with E-state index in [-0.39, 0.29) is 5.91 Å². The fourth-order valence-corrected chi connectivity index (χ4v) is 2.39. The lowest BCUT2D eigenvalue weighted by molar-refractivity contribution is 0.0775. The van der Waals surface area contributed by atoms with E-state index in [9.17, 15) is 4.79 Å². The minimum absolute atomic E-state index is 0.0542. The van der Waals surface area contributed by atoms with Crippen LogP contribution in [0.15, 0.2) is 18.5 Å². The van der Waals surface area contributed by atoms with Crippen molar-refractivity contribution < 1.29 is 4.79 Å². The largest absolute Gasteiger partial charge is 0.340 e. The van der Waals surface area contributed by atoms with E-state index >= 15 is 0 Å². The highest BCUT2D eigenvalue weighted by atomic mass is 16.2. The SMILES string of the molecule is Cc1cncc(C(=O)N(C)CC2CCCCN2)c1. The summed E-state index contributed by atoms with van der Waals surface area (Å²) >= 11 is 0. The Bertz CT molecular complexity index is 413. The summed E-state index contributed by atoms with van der Waals surface area (Å²) in [6, 6.07) is 2.32. The molecule has 1 saturated heterocycles. The quantitative estimate of drug-likeness (QED) is 0.882. The van der Waals surface area contributed by atoms with E-state index in [0.717, 1.165) is 25.1 Å². The molecule has 18 heavy (non-hydrogen) atoms. The summed E-state index contributed by atoms with van der Waals surface area (Å²) in [5, 5.41) is 3.46. The predicted octanol–water partition coefficient (Wildman–Crippen LogP) is 1.60. The molecule has 2 heterocycles. The van der Waals surface area contributed by atoms with Crippen molar-refractivity contribution in [2.45, 2.75) is 32.2 Å². The van der Waals surface area contributed by atoms with Crippen LogP contribution in [-0.2, 0) is 0 Å². The van der Waals surface area contributed by atoms with E-state index in [4.69, 9.17) is 0 Å². The third-order valence-corrected chi connectivity index (χ3v) is 3.38. The second-order valence-corrected chi connectivity index (χ2v) is 5.08. The van der Waals surface area contributed by atoms with E-state index in [0.29, 0.717) is 11.6 Å². The number of piperidine rings is 1. The van der Waals surface area contributed by atoms with Gasteiger partial charge in [0.1, 0.15) is 0 Å². The van der Waals surface area contributed by atoms with Crippen LogP contribution in [0.2, 0.25) is 0 Å². The van der Waals surface area contributed by atoms with Gasteiger partial charge in [-0.25, -0.2) is 0 Å². The van der Waals surface area contributed by atoms with Gasteiger partial charge in [0.15, 0.2) is 0 Å². The zero-order valence-corrected chi connectivity index (χ0v) is 11.1. The summed E-state index contributed by atoms with van der Waals surface area (Å²) in [4.78, 5) is 18.1. The number of likely N-dealkylation sites (N-methyl/N-ethyl adjacent to an activating group) is 1. The number of aryl methyl sites for hydroxylation is 1. The highest BCUT2D eigenvalue weighted by Crippen LogP contribution is 2.10. The molecule has 1 aromatic rings. The van der Waals surface area contributed by atoms with E-state index < -0.39 is 0 Å². The maximum absolute atomic E-state index is 12.2. The Morgan fingerprint density at radius 2 is 2.33 bits per heavy atom. The number of nitrogens with zero attached hydrogens (tertiary/aromatic N) is 2. The first-order chi connectivity index (χ1) is 8.66. The van der Waals surface area contributed by atoms with Crippen LogP contribution in [0.4, 0.5) is 0 Å². The van der Waals surface area contributed by atoms with Crippen molar-refractivity contribution in [2.24, 2.45) is 0 Å². The van der Waals surface area contributed by atoms with Crippen molar-refractivity contribution in [3.05, 3.63) is 29.6 Å². The second-order valence-electron chi connectivity index (χ2n) is 5.08. The van der Waals surface area contributed by atoms with E-state index in [1.807, 2.05) is 20.0 Å². The van der Waals surface area contributed by atoms with Crippen molar-refractivity contribution in [1.82, 2.24) is 15.2 Å². The van der Waals surface area contributed by atoms with Crippen LogP contribution >= 0.6 is 0 Å². The Morgan fingerprint density at radius 3 is 3.00 bits per heavy atom. The number of rotatable bonds is 3. The normalized spacial score (nSPS) is 19.6. The van der Waals surface area contributed by atoms with Crippen molar-refractivity contribution in [1.29, 1.82) is 0 Å². The fraction of sp³-hybridized carbons (Fsp3) is 0.571. The molecular formula is C14H21N3O. The molecule has 1 aromatic heterocycles. The first kappa shape index (κ1) is 13.0. The maximum Gasteiger partial charge on any atom is 0.255 e. The average Bonchev–Trinajstić information content (AvgIpc) is 2.39. The van der Waals surface area contributed by atoms with Crippen molar-refractivity contribution in [3.63, 3.8) is 0 Å². The van der Waals surface area contributed by atoms with Crippen molar-refractivity contribution >= 4 is 5.91 Å². The highest BCUT2D eigenvalue weighted by Gasteiger charge is 2.18. The monoisotopic (exact) mass is 247 g/mol. The number of aromatic nitrogens is 1. The summed E-state index contributed by atoms with van der Waals surface area (Å²) in [6.45, 7) is 3.79. The zero-order chi connectivity index (χ0) is 13.0. The molecular weight excluding hydrogens is 226 g/mol. The van der Waals surface area contributed by atoms with Crippen LogP contribution in [-0.4, -0.2) is 42.0 Å². The van der Waals surface area contributed by atoms with Crippen LogP contribution in [0, 0.1) is 6.92 Å². The third kappa shape index (κ3) is 3.29. The Balaban J connectivity index is 1.95. The average molecular weight is 247 g/mol. The van der Waals surface area contributed by atoms with Gasteiger partial charge >= 0.3 is 0 Å². The van der Waals surface area contributed by atoms with E-state index in [1.165, 1.54) is 12.8 Å². The van der Waals surface area contributed by atoms with Gasteiger partial charge < -0.3 is 10.2 Å². The lowest BCUT2D eigenvalue weighted by Crippen LogP contribution is -2.44. The minimum Gasteiger partial charge on any atom is -0.340 e. The highest BCUT2D eigenvalue weighted by molar-refractivity contribution is 5.93. The van der Waals surface area contributed by atoms with Gasteiger partial charge in [0.05, 0.1) is 5.56 Å². The number of pyridine rings is 1. The smallest absolute Gasteiger partial charge is 0.255 e. The van der Waals surface area contributed by atoms with Crippen LogP contribution < -0.4 is 5.32 Å². The molecule has 0 aromatic carbocycles. The molecule has 98 valence electrons. The van der Waals surface area contributed by atoms with Gasteiger partial charge in [0, 0.05) is 32.0 Å². The van der Waals surface area contributed by atoms with Gasteiger partial charge in [-0.1, -0.05) is 6.42 Å². The molecule has 0 saturated carbocycles. The van der Waals surface area contributed by atoms with Crippen molar-refractivity contribution in [3.8, 4) is 0 Å². The minimum atomic E-state index is 0.0542. The number of carbonyl (C=O) groups is 1. The van der Waals surface area contributed by atoms with E-state index in [1.54, 1.807) is 17.3 Å². The number of hydrogen-bond donors (Lipinski definition) is 1. The van der Waals surface area contributed by atoms with Gasteiger partial charge in [-0.05, 0) is 37.9 Å². The summed E-state index contributed by atoms with van der Waals surface area (Å²) in [5.41, 5.74) is 1.69. The molecule has 1 unspecified atom stereocenters. The molecule has 1 amide bonds. The molecule has 1 N–H and O–H groups in total. The Labute approximate surface area is 108 Å². The molecule has 2 rings (SSSR count). The summed E-state index contributed by atoms with van der Waals surface area (Å²) in [6.07, 6.45) is 7.06. The Hall–Kier alpha value is -1.42. The number of carbonyl (C=O) groups excluding carboxylic acids is 1. The molecule has 1 aliphatic rings. The number of amides is 1. The van der Waals surface area contributed by atoms with E-state index in [2.05, 4.69) is 10.3 Å². The van der Waals surface area contributed by atoms with Gasteiger partial charge in [0.2, 0.25) is 0 Å². The van der Waals surface area contributed by atoms with Gasteiger partial charge in [-0.2, -0.15) is 0 Å². The fourth-order valence-electron chi connectivity index (χ4n) is 2.39. The summed E-state index contributed by atoms with van der Waals surface area (Å²) < 4.78 is 0. The van der Waals surface area contributed by atoms with Crippen LogP contribution in [0.25, 0.3) is 0 Å². The third-order valence-electron chi connectivity index (χ3n) is 3.38. The van der Waals surface area contributed by atoms with Crippen LogP contribution in [0.3, 0.4) is 0 Å². The van der Waals surface area contributed by atoms with Gasteiger partial charge in [0.25, 0.3) is 5.91 Å². The van der Waals surface area contributed by atoms with Crippen LogP contribution in [0.5, 0.6) is 0 Å². The number of hydrogen-bond acceptors (Lipinski definition) is 3. The maximum atomic E-state index is 12.2. The van der Waals surface area contributed by atoms with Crippen molar-refractivity contribution in [2.75, 3.05) is 20.1 Å². The molecule has 0 spiro atoms. The molecule has 4 heteroatoms.